The lowest BCUT2D eigenvalue weighted by Crippen LogP contribution is -2.30. The highest BCUT2D eigenvalue weighted by atomic mass is 16.6. The summed E-state index contributed by atoms with van der Waals surface area (Å²) in [5.41, 5.74) is 0. The van der Waals surface area contributed by atoms with Crippen molar-refractivity contribution in [3.05, 3.63) is 0 Å². The van der Waals surface area contributed by atoms with Gasteiger partial charge in [0.1, 0.15) is 13.2 Å². The van der Waals surface area contributed by atoms with Crippen molar-refractivity contribution in [2.45, 2.75) is 361 Å². The second-order valence-electron chi connectivity index (χ2n) is 21.8. The molecule has 0 saturated carbocycles. The number of carbonyl (C=O) groups is 3. The predicted octanol–water partition coefficient (Wildman–Crippen LogP) is 20.6. The van der Waals surface area contributed by atoms with Crippen molar-refractivity contribution < 1.29 is 28.6 Å². The third-order valence-corrected chi connectivity index (χ3v) is 14.3. The lowest BCUT2D eigenvalue weighted by atomic mass is 10.0. The minimum atomic E-state index is -0.762. The first kappa shape index (κ1) is 66.4. The third kappa shape index (κ3) is 55.3. The quantitative estimate of drug-likeness (QED) is 0.0343. The van der Waals surface area contributed by atoms with E-state index in [1.165, 1.54) is 250 Å². The molecule has 6 nitrogen and oxygen atoms in total. The Morgan fingerprint density at radius 2 is 0.485 bits per heavy atom. The molecular weight excluding hydrogens is 841 g/mol. The van der Waals surface area contributed by atoms with Gasteiger partial charge in [0.05, 0.1) is 0 Å². The number of hydrogen-bond donors (Lipinski definition) is 0. The molecule has 0 aromatic heterocycles. The molecule has 6 heteroatoms. The van der Waals surface area contributed by atoms with Crippen molar-refractivity contribution in [3.63, 3.8) is 0 Å². The molecule has 1 atom stereocenters. The summed E-state index contributed by atoms with van der Waals surface area (Å²) in [7, 11) is 0. The SMILES string of the molecule is CCCCCCCCCCCCCCCCCCC(=O)O[C@H](COC(=O)CCCCCCCCCCCCCCCCC)COC(=O)CCCCCCCCCCCCCCCCCCC(C)C. The Balaban J connectivity index is 4.28. The van der Waals surface area contributed by atoms with Crippen LogP contribution in [0, 0.1) is 5.92 Å². The van der Waals surface area contributed by atoms with Crippen LogP contribution < -0.4 is 0 Å². The molecule has 0 saturated heterocycles. The van der Waals surface area contributed by atoms with Gasteiger partial charge in [-0.25, -0.2) is 0 Å². The Morgan fingerprint density at radius 3 is 0.721 bits per heavy atom. The minimum absolute atomic E-state index is 0.0613. The Morgan fingerprint density at radius 1 is 0.279 bits per heavy atom. The van der Waals surface area contributed by atoms with E-state index < -0.39 is 6.10 Å². The van der Waals surface area contributed by atoms with Crippen LogP contribution in [-0.2, 0) is 28.6 Å². The molecule has 0 aromatic carbocycles. The summed E-state index contributed by atoms with van der Waals surface area (Å²) in [6.07, 6.45) is 62.4. The molecule has 0 aliphatic rings. The van der Waals surface area contributed by atoms with Crippen molar-refractivity contribution in [3.8, 4) is 0 Å². The van der Waals surface area contributed by atoms with Crippen LogP contribution in [0.15, 0.2) is 0 Å². The van der Waals surface area contributed by atoms with Crippen LogP contribution in [0.4, 0.5) is 0 Å². The molecule has 0 aromatic rings. The zero-order chi connectivity index (χ0) is 49.5. The van der Waals surface area contributed by atoms with Gasteiger partial charge in [0.15, 0.2) is 6.10 Å². The van der Waals surface area contributed by atoms with E-state index in [1.54, 1.807) is 0 Å². The molecule has 0 rings (SSSR count). The molecular formula is C62H120O6. The fourth-order valence-corrected chi connectivity index (χ4v) is 9.63. The molecule has 0 fully saturated rings. The minimum Gasteiger partial charge on any atom is -0.462 e. The van der Waals surface area contributed by atoms with E-state index >= 15 is 0 Å². The van der Waals surface area contributed by atoms with Crippen molar-refractivity contribution in [1.29, 1.82) is 0 Å². The Kier molecular flexibility index (Phi) is 55.0. The van der Waals surface area contributed by atoms with E-state index in [0.717, 1.165) is 63.7 Å². The molecule has 0 aliphatic heterocycles. The largest absolute Gasteiger partial charge is 0.462 e. The predicted molar refractivity (Wildman–Crippen MR) is 293 cm³/mol. The van der Waals surface area contributed by atoms with E-state index in [2.05, 4.69) is 27.7 Å². The fraction of sp³-hybridized carbons (Fsp3) is 0.952. The summed E-state index contributed by atoms with van der Waals surface area (Å²) in [5.74, 6) is 0.0236. The van der Waals surface area contributed by atoms with Gasteiger partial charge < -0.3 is 14.2 Å². The van der Waals surface area contributed by atoms with E-state index in [0.29, 0.717) is 19.3 Å². The van der Waals surface area contributed by atoms with Gasteiger partial charge in [-0.2, -0.15) is 0 Å². The Hall–Kier alpha value is -1.59. The van der Waals surface area contributed by atoms with Gasteiger partial charge in [-0.1, -0.05) is 317 Å². The van der Waals surface area contributed by atoms with Crippen LogP contribution in [0.5, 0.6) is 0 Å². The first-order valence-corrected chi connectivity index (χ1v) is 30.9. The van der Waals surface area contributed by atoms with Gasteiger partial charge in [0.25, 0.3) is 0 Å². The van der Waals surface area contributed by atoms with Crippen LogP contribution in [0.1, 0.15) is 355 Å². The normalized spacial score (nSPS) is 12.0. The van der Waals surface area contributed by atoms with Gasteiger partial charge >= 0.3 is 17.9 Å². The number of ether oxygens (including phenoxy) is 3. The van der Waals surface area contributed by atoms with Crippen molar-refractivity contribution >= 4 is 17.9 Å². The van der Waals surface area contributed by atoms with Gasteiger partial charge in [-0.3, -0.25) is 14.4 Å². The lowest BCUT2D eigenvalue weighted by Gasteiger charge is -2.18. The Bertz CT molecular complexity index is 1030. The van der Waals surface area contributed by atoms with E-state index in [-0.39, 0.29) is 31.1 Å². The molecule has 0 heterocycles. The van der Waals surface area contributed by atoms with Crippen LogP contribution in [0.2, 0.25) is 0 Å². The average Bonchev–Trinajstić information content (AvgIpc) is 3.32. The summed E-state index contributed by atoms with van der Waals surface area (Å²) >= 11 is 0. The van der Waals surface area contributed by atoms with Crippen LogP contribution in [0.3, 0.4) is 0 Å². The van der Waals surface area contributed by atoms with Crippen molar-refractivity contribution in [1.82, 2.24) is 0 Å². The lowest BCUT2D eigenvalue weighted by molar-refractivity contribution is -0.167. The zero-order valence-electron chi connectivity index (χ0n) is 46.6. The molecule has 68 heavy (non-hydrogen) atoms. The number of esters is 3. The van der Waals surface area contributed by atoms with Gasteiger partial charge in [-0.15, -0.1) is 0 Å². The highest BCUT2D eigenvalue weighted by molar-refractivity contribution is 5.71. The van der Waals surface area contributed by atoms with Gasteiger partial charge in [0, 0.05) is 19.3 Å². The highest BCUT2D eigenvalue weighted by Crippen LogP contribution is 2.18. The maximum absolute atomic E-state index is 12.9. The van der Waals surface area contributed by atoms with E-state index in [9.17, 15) is 14.4 Å². The van der Waals surface area contributed by atoms with Crippen molar-refractivity contribution in [2.24, 2.45) is 5.92 Å². The number of carbonyl (C=O) groups excluding carboxylic acids is 3. The van der Waals surface area contributed by atoms with Gasteiger partial charge in [0.2, 0.25) is 0 Å². The standard InChI is InChI=1S/C62H120O6/c1-5-7-9-11-13-15-17-19-21-26-31-35-39-43-47-51-55-62(65)68-59(56-66-60(63)53-49-45-41-37-33-29-24-20-18-16-14-12-10-8-6-2)57-67-61(64)54-50-46-42-38-34-30-27-23-22-25-28-32-36-40-44-48-52-58(3)4/h58-59H,5-57H2,1-4H3/t59-/m1/s1. The van der Waals surface area contributed by atoms with Crippen LogP contribution in [0.25, 0.3) is 0 Å². The maximum atomic E-state index is 12.9. The summed E-state index contributed by atoms with van der Waals surface area (Å²) in [6.45, 7) is 9.09. The molecule has 404 valence electrons. The topological polar surface area (TPSA) is 78.9 Å². The fourth-order valence-electron chi connectivity index (χ4n) is 9.63. The molecule has 0 unspecified atom stereocenters. The molecule has 0 amide bonds. The maximum Gasteiger partial charge on any atom is 0.306 e. The number of unbranched alkanes of at least 4 members (excludes halogenated alkanes) is 44. The first-order valence-electron chi connectivity index (χ1n) is 30.9. The zero-order valence-corrected chi connectivity index (χ0v) is 46.6. The van der Waals surface area contributed by atoms with Crippen LogP contribution >= 0.6 is 0 Å². The molecule has 0 N–H and O–H groups in total. The van der Waals surface area contributed by atoms with Gasteiger partial charge in [-0.05, 0) is 25.2 Å². The molecule has 0 bridgehead atoms. The first-order chi connectivity index (χ1) is 33.4. The summed E-state index contributed by atoms with van der Waals surface area (Å²) < 4.78 is 16.9. The monoisotopic (exact) mass is 961 g/mol. The van der Waals surface area contributed by atoms with Crippen molar-refractivity contribution in [2.75, 3.05) is 13.2 Å². The second kappa shape index (κ2) is 56.3. The highest BCUT2D eigenvalue weighted by Gasteiger charge is 2.19. The molecule has 0 aliphatic carbocycles. The number of rotatable bonds is 57. The Labute approximate surface area is 425 Å². The summed E-state index contributed by atoms with van der Waals surface area (Å²) in [6, 6.07) is 0. The smallest absolute Gasteiger partial charge is 0.306 e. The molecule has 0 radical (unpaired) electrons. The summed E-state index contributed by atoms with van der Waals surface area (Å²) in [4.78, 5) is 38.2. The summed E-state index contributed by atoms with van der Waals surface area (Å²) in [5, 5.41) is 0. The average molecular weight is 962 g/mol. The second-order valence-corrected chi connectivity index (χ2v) is 21.8. The molecule has 0 spiro atoms. The van der Waals surface area contributed by atoms with Crippen LogP contribution in [-0.4, -0.2) is 37.2 Å². The number of hydrogen-bond acceptors (Lipinski definition) is 6. The van der Waals surface area contributed by atoms with E-state index in [1.807, 2.05) is 0 Å². The third-order valence-electron chi connectivity index (χ3n) is 14.3. The van der Waals surface area contributed by atoms with E-state index in [4.69, 9.17) is 14.2 Å².